The average molecular weight is 338 g/mol. The third kappa shape index (κ3) is 2.37. The monoisotopic (exact) mass is 338 g/mol. The Labute approximate surface area is 148 Å². The minimum Gasteiger partial charge on any atom is -0.462 e. The highest BCUT2D eigenvalue weighted by atomic mass is 16.6. The lowest BCUT2D eigenvalue weighted by atomic mass is 9.55. The maximum absolute atomic E-state index is 12.5. The number of aliphatic imine (C=N–C) groups is 1. The van der Waals surface area contributed by atoms with E-state index in [-0.39, 0.29) is 30.0 Å². The maximum Gasteiger partial charge on any atom is 0.309 e. The van der Waals surface area contributed by atoms with E-state index in [4.69, 9.17) is 15.5 Å². The number of ether oxygens (including phenoxy) is 1. The number of benzene rings is 1. The van der Waals surface area contributed by atoms with E-state index < -0.39 is 0 Å². The molecule has 25 heavy (non-hydrogen) atoms. The zero-order chi connectivity index (χ0) is 17.1. The Balaban J connectivity index is 1.54. The van der Waals surface area contributed by atoms with Gasteiger partial charge in [-0.1, -0.05) is 18.2 Å². The molecule has 0 aromatic heterocycles. The van der Waals surface area contributed by atoms with Crippen LogP contribution in [0.15, 0.2) is 29.3 Å². The van der Waals surface area contributed by atoms with Crippen molar-refractivity contribution >= 4 is 17.4 Å². The molecular formula is C21H26N2O2. The number of carbonyl (C=O) groups excluding carboxylic acids is 1. The molecule has 0 amide bonds. The second kappa shape index (κ2) is 5.66. The first kappa shape index (κ1) is 15.6. The van der Waals surface area contributed by atoms with Gasteiger partial charge in [0.05, 0.1) is 11.6 Å². The molecule has 1 aromatic rings. The smallest absolute Gasteiger partial charge is 0.309 e. The lowest BCUT2D eigenvalue weighted by molar-refractivity contribution is -0.144. The Bertz CT molecular complexity index is 743. The second-order valence-electron chi connectivity index (χ2n) is 8.49. The molecule has 4 aliphatic rings. The number of hydrogen-bond acceptors (Lipinski definition) is 4. The molecule has 1 unspecified atom stereocenters. The van der Waals surface area contributed by atoms with E-state index >= 15 is 0 Å². The van der Waals surface area contributed by atoms with E-state index in [9.17, 15) is 4.79 Å². The Hall–Kier alpha value is -1.68. The Morgan fingerprint density at radius 3 is 2.88 bits per heavy atom. The molecule has 0 spiro atoms. The van der Waals surface area contributed by atoms with Crippen LogP contribution in [-0.4, -0.2) is 23.8 Å². The summed E-state index contributed by atoms with van der Waals surface area (Å²) in [5, 5.41) is 0. The first-order valence-corrected chi connectivity index (χ1v) is 9.73. The van der Waals surface area contributed by atoms with Crippen molar-refractivity contribution in [3.8, 4) is 0 Å². The summed E-state index contributed by atoms with van der Waals surface area (Å²) in [6.45, 7) is 2.08. The molecule has 2 aliphatic heterocycles. The molecule has 0 radical (unpaired) electrons. The molecule has 2 heterocycles. The van der Waals surface area contributed by atoms with Gasteiger partial charge >= 0.3 is 5.97 Å². The van der Waals surface area contributed by atoms with Crippen LogP contribution >= 0.6 is 0 Å². The molecule has 7 atom stereocenters. The zero-order valence-corrected chi connectivity index (χ0v) is 14.7. The standard InChI is InChI=1S/C21H26N2O2/c1-11-19-16(21(24)25-11)9-13-8-14(22)6-7-15(13)20(19)18-10-12-4-2-3-5-17(12)23-18/h2-5,11,13-16,19-20H,6-10,22H2,1H3/t11-,13?,14-,15-,16-,19-,20-/m1/s1. The van der Waals surface area contributed by atoms with Gasteiger partial charge in [0.1, 0.15) is 6.10 Å². The van der Waals surface area contributed by atoms with Crippen LogP contribution in [0.5, 0.6) is 0 Å². The SMILES string of the molecule is C[C@H]1OC(=O)[C@@H]2CC3C[C@H](N)CC[C@H]3[C@H](C3=Nc4ccccc4C3)[C@H]12. The number of nitrogens with zero attached hydrogens (tertiary/aromatic N) is 1. The van der Waals surface area contributed by atoms with Crippen LogP contribution in [0.4, 0.5) is 5.69 Å². The Kier molecular flexibility index (Phi) is 3.53. The van der Waals surface area contributed by atoms with E-state index in [1.807, 2.05) is 0 Å². The van der Waals surface area contributed by atoms with Gasteiger partial charge in [0.15, 0.2) is 0 Å². The van der Waals surface area contributed by atoms with Crippen LogP contribution in [0.2, 0.25) is 0 Å². The van der Waals surface area contributed by atoms with Gasteiger partial charge in [0.2, 0.25) is 0 Å². The molecule has 2 N–H and O–H groups in total. The summed E-state index contributed by atoms with van der Waals surface area (Å²) in [5.74, 6) is 1.85. The van der Waals surface area contributed by atoms with E-state index in [0.29, 0.717) is 17.8 Å². The van der Waals surface area contributed by atoms with E-state index in [2.05, 4.69) is 31.2 Å². The molecule has 3 fully saturated rings. The molecule has 2 saturated carbocycles. The predicted molar refractivity (Wildman–Crippen MR) is 96.7 cm³/mol. The normalized spacial score (nSPS) is 42.2. The van der Waals surface area contributed by atoms with Crippen molar-refractivity contribution in [3.05, 3.63) is 29.8 Å². The van der Waals surface area contributed by atoms with Gasteiger partial charge in [-0.15, -0.1) is 0 Å². The molecule has 1 aromatic carbocycles. The minimum atomic E-state index is 0.00506. The van der Waals surface area contributed by atoms with Gasteiger partial charge < -0.3 is 10.5 Å². The van der Waals surface area contributed by atoms with E-state index in [0.717, 1.165) is 37.8 Å². The summed E-state index contributed by atoms with van der Waals surface area (Å²) in [6, 6.07) is 8.73. The number of cyclic esters (lactones) is 1. The number of carbonyl (C=O) groups is 1. The molecule has 4 nitrogen and oxygen atoms in total. The van der Waals surface area contributed by atoms with Crippen molar-refractivity contribution in [2.75, 3.05) is 0 Å². The largest absolute Gasteiger partial charge is 0.462 e. The summed E-state index contributed by atoms with van der Waals surface area (Å²) in [4.78, 5) is 17.5. The molecular weight excluding hydrogens is 312 g/mol. The molecule has 5 rings (SSSR count). The summed E-state index contributed by atoms with van der Waals surface area (Å²) in [5.41, 5.74) is 9.98. The highest BCUT2D eigenvalue weighted by Gasteiger charge is 2.56. The van der Waals surface area contributed by atoms with Crippen molar-refractivity contribution in [1.82, 2.24) is 0 Å². The van der Waals surface area contributed by atoms with E-state index in [1.165, 1.54) is 11.3 Å². The average Bonchev–Trinajstić information content (AvgIpc) is 3.14. The highest BCUT2D eigenvalue weighted by Crippen LogP contribution is 2.54. The summed E-state index contributed by atoms with van der Waals surface area (Å²) in [6.07, 6.45) is 5.20. The fourth-order valence-electron chi connectivity index (χ4n) is 6.13. The van der Waals surface area contributed by atoms with Crippen LogP contribution in [-0.2, 0) is 16.0 Å². The number of esters is 1. The summed E-state index contributed by atoms with van der Waals surface area (Å²) >= 11 is 0. The summed E-state index contributed by atoms with van der Waals surface area (Å²) in [7, 11) is 0. The van der Waals surface area contributed by atoms with Crippen LogP contribution < -0.4 is 5.73 Å². The van der Waals surface area contributed by atoms with Gasteiger partial charge in [0, 0.05) is 30.0 Å². The third-order valence-corrected chi connectivity index (χ3v) is 7.14. The second-order valence-corrected chi connectivity index (χ2v) is 8.49. The predicted octanol–water partition coefficient (Wildman–Crippen LogP) is 3.26. The van der Waals surface area contributed by atoms with Crippen molar-refractivity contribution < 1.29 is 9.53 Å². The first-order valence-electron chi connectivity index (χ1n) is 9.73. The van der Waals surface area contributed by atoms with Crippen LogP contribution in [0.25, 0.3) is 0 Å². The Morgan fingerprint density at radius 2 is 2.04 bits per heavy atom. The molecule has 132 valence electrons. The van der Waals surface area contributed by atoms with Crippen molar-refractivity contribution in [1.29, 1.82) is 0 Å². The number of rotatable bonds is 1. The number of para-hydroxylation sites is 1. The number of fused-ring (bicyclic) bond motifs is 3. The van der Waals surface area contributed by atoms with Crippen LogP contribution in [0.1, 0.15) is 38.2 Å². The first-order chi connectivity index (χ1) is 12.1. The quantitative estimate of drug-likeness (QED) is 0.799. The lowest BCUT2D eigenvalue weighted by Crippen LogP contribution is -2.49. The highest BCUT2D eigenvalue weighted by molar-refractivity contribution is 5.97. The van der Waals surface area contributed by atoms with Gasteiger partial charge in [-0.05, 0) is 56.1 Å². The lowest BCUT2D eigenvalue weighted by Gasteiger charge is -2.48. The molecule has 2 aliphatic carbocycles. The maximum atomic E-state index is 12.5. The number of hydrogen-bond donors (Lipinski definition) is 1. The number of nitrogens with two attached hydrogens (primary N) is 1. The van der Waals surface area contributed by atoms with E-state index in [1.54, 1.807) is 0 Å². The third-order valence-electron chi connectivity index (χ3n) is 7.14. The van der Waals surface area contributed by atoms with Gasteiger partial charge in [-0.3, -0.25) is 9.79 Å². The van der Waals surface area contributed by atoms with Crippen molar-refractivity contribution in [2.24, 2.45) is 40.3 Å². The fraction of sp³-hybridized carbons (Fsp3) is 0.619. The minimum absolute atomic E-state index is 0.00506. The van der Waals surface area contributed by atoms with Gasteiger partial charge in [-0.2, -0.15) is 0 Å². The zero-order valence-electron chi connectivity index (χ0n) is 14.7. The summed E-state index contributed by atoms with van der Waals surface area (Å²) < 4.78 is 5.68. The topological polar surface area (TPSA) is 64.7 Å². The van der Waals surface area contributed by atoms with Crippen molar-refractivity contribution in [3.63, 3.8) is 0 Å². The fourth-order valence-corrected chi connectivity index (χ4v) is 6.13. The van der Waals surface area contributed by atoms with Crippen molar-refractivity contribution in [2.45, 2.75) is 51.2 Å². The van der Waals surface area contributed by atoms with Gasteiger partial charge in [-0.25, -0.2) is 0 Å². The molecule has 4 heteroatoms. The van der Waals surface area contributed by atoms with Crippen LogP contribution in [0, 0.1) is 29.6 Å². The van der Waals surface area contributed by atoms with Gasteiger partial charge in [0.25, 0.3) is 0 Å². The van der Waals surface area contributed by atoms with Crippen LogP contribution in [0.3, 0.4) is 0 Å². The Morgan fingerprint density at radius 1 is 1.20 bits per heavy atom. The molecule has 1 saturated heterocycles. The molecule has 0 bridgehead atoms.